The van der Waals surface area contributed by atoms with Crippen LogP contribution in [0.1, 0.15) is 31.4 Å². The molecular formula is C18H24ClN5O. The molecule has 1 aliphatic heterocycles. The molecule has 1 saturated heterocycles. The quantitative estimate of drug-likeness (QED) is 0.827. The largest absolute Gasteiger partial charge is 0.336 e. The number of carbonyl (C=O) groups excluding carboxylic acids is 1. The van der Waals surface area contributed by atoms with Crippen LogP contribution in [0.5, 0.6) is 0 Å². The number of carbonyl (C=O) groups is 1. The van der Waals surface area contributed by atoms with E-state index in [1.807, 2.05) is 37.4 Å². The van der Waals surface area contributed by atoms with Crippen LogP contribution in [0.25, 0.3) is 0 Å². The Morgan fingerprint density at radius 2 is 2.00 bits per heavy atom. The van der Waals surface area contributed by atoms with E-state index in [9.17, 15) is 4.79 Å². The van der Waals surface area contributed by atoms with Crippen molar-refractivity contribution in [2.75, 3.05) is 25.0 Å². The fourth-order valence-electron chi connectivity index (χ4n) is 3.16. The van der Waals surface area contributed by atoms with Gasteiger partial charge in [-0.05, 0) is 50.6 Å². The van der Waals surface area contributed by atoms with Crippen LogP contribution in [-0.4, -0.2) is 40.3 Å². The van der Waals surface area contributed by atoms with Gasteiger partial charge in [0.1, 0.15) is 0 Å². The van der Waals surface area contributed by atoms with Gasteiger partial charge < -0.3 is 10.6 Å². The SMILES string of the molecule is CCn1cc(NC(=O)NCC(c2ccc(Cl)cc2)N2CCCC2)cn1. The molecular weight excluding hydrogens is 338 g/mol. The number of nitrogens with one attached hydrogen (secondary N) is 2. The molecule has 2 N–H and O–H groups in total. The molecule has 134 valence electrons. The monoisotopic (exact) mass is 361 g/mol. The van der Waals surface area contributed by atoms with Crippen LogP contribution in [0.3, 0.4) is 0 Å². The number of likely N-dealkylation sites (tertiary alicyclic amines) is 1. The summed E-state index contributed by atoms with van der Waals surface area (Å²) in [6.45, 7) is 5.44. The zero-order chi connectivity index (χ0) is 17.6. The first-order valence-electron chi connectivity index (χ1n) is 8.72. The smallest absolute Gasteiger partial charge is 0.319 e. The van der Waals surface area contributed by atoms with E-state index in [-0.39, 0.29) is 12.1 Å². The standard InChI is InChI=1S/C18H24ClN5O/c1-2-24-13-16(11-21-24)22-18(25)20-12-17(23-9-3-4-10-23)14-5-7-15(19)8-6-14/h5-8,11,13,17H,2-4,9-10,12H2,1H3,(H2,20,22,25). The number of hydrogen-bond donors (Lipinski definition) is 2. The topological polar surface area (TPSA) is 62.2 Å². The number of halogens is 1. The van der Waals surface area contributed by atoms with Crippen molar-refractivity contribution in [1.82, 2.24) is 20.0 Å². The lowest BCUT2D eigenvalue weighted by atomic mass is 10.1. The molecule has 3 rings (SSSR count). The number of amides is 2. The second kappa shape index (κ2) is 8.36. The first kappa shape index (κ1) is 17.8. The Balaban J connectivity index is 1.61. The molecule has 0 bridgehead atoms. The molecule has 0 aliphatic carbocycles. The fourth-order valence-corrected chi connectivity index (χ4v) is 3.29. The van der Waals surface area contributed by atoms with Crippen LogP contribution in [0, 0.1) is 0 Å². The minimum atomic E-state index is -0.214. The van der Waals surface area contributed by atoms with Crippen molar-refractivity contribution in [3.63, 3.8) is 0 Å². The van der Waals surface area contributed by atoms with Gasteiger partial charge in [0.05, 0.1) is 17.9 Å². The summed E-state index contributed by atoms with van der Waals surface area (Å²) in [5.41, 5.74) is 1.87. The molecule has 1 fully saturated rings. The summed E-state index contributed by atoms with van der Waals surface area (Å²) >= 11 is 6.01. The molecule has 0 radical (unpaired) electrons. The Bertz CT molecular complexity index is 694. The average molecular weight is 362 g/mol. The number of aryl methyl sites for hydroxylation is 1. The Morgan fingerprint density at radius 3 is 2.64 bits per heavy atom. The number of benzene rings is 1. The van der Waals surface area contributed by atoms with Crippen LogP contribution >= 0.6 is 11.6 Å². The van der Waals surface area contributed by atoms with E-state index >= 15 is 0 Å². The van der Waals surface area contributed by atoms with Crippen molar-refractivity contribution in [3.05, 3.63) is 47.2 Å². The van der Waals surface area contributed by atoms with Gasteiger partial charge in [-0.3, -0.25) is 9.58 Å². The molecule has 1 aliphatic rings. The van der Waals surface area contributed by atoms with Crippen LogP contribution < -0.4 is 10.6 Å². The highest BCUT2D eigenvalue weighted by Gasteiger charge is 2.24. The summed E-state index contributed by atoms with van der Waals surface area (Å²) in [7, 11) is 0. The Hall–Kier alpha value is -2.05. The zero-order valence-electron chi connectivity index (χ0n) is 14.4. The second-order valence-electron chi connectivity index (χ2n) is 6.23. The molecule has 1 aromatic carbocycles. The van der Waals surface area contributed by atoms with Gasteiger partial charge in [0, 0.05) is 24.3 Å². The highest BCUT2D eigenvalue weighted by atomic mass is 35.5. The summed E-state index contributed by atoms with van der Waals surface area (Å²) < 4.78 is 1.77. The van der Waals surface area contributed by atoms with E-state index < -0.39 is 0 Å². The van der Waals surface area contributed by atoms with Crippen molar-refractivity contribution in [2.45, 2.75) is 32.4 Å². The Morgan fingerprint density at radius 1 is 1.28 bits per heavy atom. The molecule has 0 saturated carbocycles. The maximum absolute atomic E-state index is 12.2. The third-order valence-corrected chi connectivity index (χ3v) is 4.76. The van der Waals surface area contributed by atoms with Crippen LogP contribution in [0.15, 0.2) is 36.7 Å². The second-order valence-corrected chi connectivity index (χ2v) is 6.67. The van der Waals surface area contributed by atoms with Crippen molar-refractivity contribution < 1.29 is 4.79 Å². The van der Waals surface area contributed by atoms with Gasteiger partial charge in [-0.25, -0.2) is 4.79 Å². The van der Waals surface area contributed by atoms with Crippen LogP contribution in [-0.2, 0) is 6.54 Å². The fraction of sp³-hybridized carbons (Fsp3) is 0.444. The third kappa shape index (κ3) is 4.74. The third-order valence-electron chi connectivity index (χ3n) is 4.51. The van der Waals surface area contributed by atoms with E-state index in [4.69, 9.17) is 11.6 Å². The number of urea groups is 1. The molecule has 6 nitrogen and oxygen atoms in total. The van der Waals surface area contributed by atoms with E-state index in [2.05, 4.69) is 20.6 Å². The highest BCUT2D eigenvalue weighted by Crippen LogP contribution is 2.25. The van der Waals surface area contributed by atoms with Crippen molar-refractivity contribution in [2.24, 2.45) is 0 Å². The van der Waals surface area contributed by atoms with Gasteiger partial charge in [0.2, 0.25) is 0 Å². The van der Waals surface area contributed by atoms with Crippen LogP contribution in [0.4, 0.5) is 10.5 Å². The van der Waals surface area contributed by atoms with Gasteiger partial charge in [-0.15, -0.1) is 0 Å². The molecule has 2 heterocycles. The summed E-state index contributed by atoms with van der Waals surface area (Å²) in [5.74, 6) is 0. The van der Waals surface area contributed by atoms with Crippen molar-refractivity contribution in [1.29, 1.82) is 0 Å². The van der Waals surface area contributed by atoms with Gasteiger partial charge in [0.15, 0.2) is 0 Å². The van der Waals surface area contributed by atoms with E-state index in [0.29, 0.717) is 12.2 Å². The number of aromatic nitrogens is 2. The highest BCUT2D eigenvalue weighted by molar-refractivity contribution is 6.30. The van der Waals surface area contributed by atoms with E-state index in [1.54, 1.807) is 10.9 Å². The Labute approximate surface area is 153 Å². The minimum absolute atomic E-state index is 0.156. The number of hydrogen-bond acceptors (Lipinski definition) is 3. The lowest BCUT2D eigenvalue weighted by molar-refractivity contribution is 0.227. The summed E-state index contributed by atoms with van der Waals surface area (Å²) in [6, 6.07) is 7.82. The molecule has 0 spiro atoms. The molecule has 1 atom stereocenters. The predicted molar refractivity (Wildman–Crippen MR) is 99.9 cm³/mol. The maximum Gasteiger partial charge on any atom is 0.319 e. The van der Waals surface area contributed by atoms with E-state index in [1.165, 1.54) is 18.4 Å². The number of nitrogens with zero attached hydrogens (tertiary/aromatic N) is 3. The van der Waals surface area contributed by atoms with Crippen molar-refractivity contribution in [3.8, 4) is 0 Å². The Kier molecular flexibility index (Phi) is 5.94. The van der Waals surface area contributed by atoms with Crippen molar-refractivity contribution >= 4 is 23.3 Å². The van der Waals surface area contributed by atoms with Crippen LogP contribution in [0.2, 0.25) is 5.02 Å². The molecule has 2 aromatic rings. The molecule has 2 amide bonds. The molecule has 1 unspecified atom stereocenters. The van der Waals surface area contributed by atoms with Gasteiger partial charge in [0.25, 0.3) is 0 Å². The predicted octanol–water partition coefficient (Wildman–Crippen LogP) is 3.52. The maximum atomic E-state index is 12.2. The molecule has 1 aromatic heterocycles. The van der Waals surface area contributed by atoms with Gasteiger partial charge >= 0.3 is 6.03 Å². The normalized spacial score (nSPS) is 15.9. The minimum Gasteiger partial charge on any atom is -0.336 e. The number of anilines is 1. The van der Waals surface area contributed by atoms with E-state index in [0.717, 1.165) is 24.7 Å². The number of rotatable bonds is 6. The molecule has 7 heteroatoms. The van der Waals surface area contributed by atoms with Gasteiger partial charge in [-0.1, -0.05) is 23.7 Å². The van der Waals surface area contributed by atoms with Gasteiger partial charge in [-0.2, -0.15) is 5.10 Å². The zero-order valence-corrected chi connectivity index (χ0v) is 15.2. The molecule has 25 heavy (non-hydrogen) atoms. The lowest BCUT2D eigenvalue weighted by Crippen LogP contribution is -2.38. The first-order valence-corrected chi connectivity index (χ1v) is 9.10. The summed E-state index contributed by atoms with van der Waals surface area (Å²) in [6.07, 6.45) is 5.87. The average Bonchev–Trinajstić information content (AvgIpc) is 3.28. The summed E-state index contributed by atoms with van der Waals surface area (Å²) in [5, 5.41) is 10.7. The summed E-state index contributed by atoms with van der Waals surface area (Å²) in [4.78, 5) is 14.6. The first-order chi connectivity index (χ1) is 12.2. The lowest BCUT2D eigenvalue weighted by Gasteiger charge is -2.28.